The summed E-state index contributed by atoms with van der Waals surface area (Å²) in [7, 11) is 1.57. The molecule has 100 valence electrons. The number of carbonyl (C=O) groups is 2. The van der Waals surface area contributed by atoms with E-state index in [1.807, 2.05) is 0 Å². The number of carbonyl (C=O) groups excluding carboxylic acids is 2. The van der Waals surface area contributed by atoms with Crippen molar-refractivity contribution >= 4 is 23.5 Å². The second kappa shape index (κ2) is 4.90. The molecule has 1 saturated heterocycles. The Bertz CT molecular complexity index is 409. The smallest absolute Gasteiger partial charge is 0.410 e. The average molecular weight is 274 g/mol. The highest BCUT2D eigenvalue weighted by Crippen LogP contribution is 2.40. The van der Waals surface area contributed by atoms with Gasteiger partial charge in [-0.3, -0.25) is 4.79 Å². The molecule has 1 fully saturated rings. The van der Waals surface area contributed by atoms with Crippen LogP contribution < -0.4 is 0 Å². The summed E-state index contributed by atoms with van der Waals surface area (Å²) >= 11 is 5.89. The lowest BCUT2D eigenvalue weighted by Gasteiger charge is -2.36. The second-order valence-electron chi connectivity index (χ2n) is 4.44. The first kappa shape index (κ1) is 13.4. The minimum absolute atomic E-state index is 0.162. The van der Waals surface area contributed by atoms with E-state index in [4.69, 9.17) is 21.1 Å². The number of rotatable bonds is 2. The Labute approximate surface area is 111 Å². The Kier molecular flexibility index (Phi) is 3.64. The molecule has 0 aromatic heterocycles. The fourth-order valence-corrected chi connectivity index (χ4v) is 2.88. The molecule has 2 rings (SSSR count). The highest BCUT2D eigenvalue weighted by molar-refractivity contribution is 6.42. The van der Waals surface area contributed by atoms with Crippen molar-refractivity contribution in [3.8, 4) is 0 Å². The molecule has 0 N–H and O–H groups in total. The number of amides is 1. The maximum Gasteiger partial charge on any atom is 0.410 e. The third kappa shape index (κ3) is 2.01. The third-order valence-corrected chi connectivity index (χ3v) is 3.90. The van der Waals surface area contributed by atoms with Crippen LogP contribution in [0.1, 0.15) is 19.8 Å². The van der Waals surface area contributed by atoms with Gasteiger partial charge in [0, 0.05) is 20.1 Å². The number of allylic oxidation sites excluding steroid dienone is 1. The summed E-state index contributed by atoms with van der Waals surface area (Å²) in [5.41, 5.74) is -0.655. The molecule has 5 nitrogen and oxygen atoms in total. The summed E-state index contributed by atoms with van der Waals surface area (Å²) in [5.74, 6) is -0.162. The van der Waals surface area contributed by atoms with Crippen LogP contribution >= 0.6 is 11.6 Å². The quantitative estimate of drug-likeness (QED) is 0.768. The summed E-state index contributed by atoms with van der Waals surface area (Å²) in [5, 5.41) is 0.193. The maximum atomic E-state index is 11.8. The fourth-order valence-electron chi connectivity index (χ4n) is 2.62. The molecule has 0 aromatic rings. The zero-order chi connectivity index (χ0) is 13.3. The van der Waals surface area contributed by atoms with E-state index in [1.54, 1.807) is 25.0 Å². The standard InChI is InChI=1S/C12H16ClNO4/c1-3-18-11(16)14-5-4-12(17-2)7-8(13)9(15)6-10(12)14/h7,10H,3-6H2,1-2H3/t10-,12-/m1/s1. The first-order chi connectivity index (χ1) is 8.54. The monoisotopic (exact) mass is 273 g/mol. The summed E-state index contributed by atoms with van der Waals surface area (Å²) in [6, 6.07) is -0.323. The van der Waals surface area contributed by atoms with E-state index in [1.165, 1.54) is 0 Å². The van der Waals surface area contributed by atoms with Gasteiger partial charge in [-0.05, 0) is 19.4 Å². The topological polar surface area (TPSA) is 55.8 Å². The predicted molar refractivity (Wildman–Crippen MR) is 65.4 cm³/mol. The Balaban J connectivity index is 2.28. The van der Waals surface area contributed by atoms with Gasteiger partial charge in [0.2, 0.25) is 0 Å². The number of Topliss-reactive ketones (excluding diaryl/α,β-unsaturated/α-hetero) is 1. The summed E-state index contributed by atoms with van der Waals surface area (Å²) in [6.07, 6.45) is 2.03. The van der Waals surface area contributed by atoms with Crippen LogP contribution in [0.4, 0.5) is 4.79 Å². The van der Waals surface area contributed by atoms with Crippen molar-refractivity contribution in [2.24, 2.45) is 0 Å². The zero-order valence-electron chi connectivity index (χ0n) is 10.4. The van der Waals surface area contributed by atoms with Crippen LogP contribution in [0.2, 0.25) is 0 Å². The minimum atomic E-state index is -0.655. The van der Waals surface area contributed by atoms with Gasteiger partial charge in [0.05, 0.1) is 17.7 Å². The van der Waals surface area contributed by atoms with Gasteiger partial charge in [-0.15, -0.1) is 0 Å². The van der Waals surface area contributed by atoms with Crippen LogP contribution in [-0.4, -0.2) is 48.7 Å². The Morgan fingerprint density at radius 2 is 2.39 bits per heavy atom. The summed E-state index contributed by atoms with van der Waals surface area (Å²) in [6.45, 7) is 2.57. The maximum absolute atomic E-state index is 11.8. The van der Waals surface area contributed by atoms with Crippen LogP contribution in [0.25, 0.3) is 0 Å². The summed E-state index contributed by atoms with van der Waals surface area (Å²) in [4.78, 5) is 25.1. The molecule has 1 heterocycles. The molecule has 0 unspecified atom stereocenters. The first-order valence-electron chi connectivity index (χ1n) is 5.94. The minimum Gasteiger partial charge on any atom is -0.450 e. The average Bonchev–Trinajstić information content (AvgIpc) is 2.69. The van der Waals surface area contributed by atoms with Crippen molar-refractivity contribution in [2.75, 3.05) is 20.3 Å². The van der Waals surface area contributed by atoms with E-state index in [0.29, 0.717) is 19.6 Å². The lowest BCUT2D eigenvalue weighted by molar-refractivity contribution is -0.119. The number of nitrogens with zero attached hydrogens (tertiary/aromatic N) is 1. The first-order valence-corrected chi connectivity index (χ1v) is 6.32. The molecule has 1 aliphatic carbocycles. The van der Waals surface area contributed by atoms with Crippen molar-refractivity contribution in [2.45, 2.75) is 31.4 Å². The lowest BCUT2D eigenvalue weighted by Crippen LogP contribution is -2.50. The Morgan fingerprint density at radius 1 is 1.67 bits per heavy atom. The number of ketones is 1. The molecule has 0 spiro atoms. The number of ether oxygens (including phenoxy) is 2. The van der Waals surface area contributed by atoms with Gasteiger partial charge in [0.15, 0.2) is 5.78 Å². The van der Waals surface area contributed by atoms with Gasteiger partial charge in [-0.2, -0.15) is 0 Å². The molecule has 6 heteroatoms. The Morgan fingerprint density at radius 3 is 3.00 bits per heavy atom. The van der Waals surface area contributed by atoms with Crippen LogP contribution in [0.3, 0.4) is 0 Å². The second-order valence-corrected chi connectivity index (χ2v) is 4.84. The van der Waals surface area contributed by atoms with E-state index in [0.717, 1.165) is 0 Å². The van der Waals surface area contributed by atoms with Gasteiger partial charge < -0.3 is 14.4 Å². The van der Waals surface area contributed by atoms with Crippen LogP contribution in [-0.2, 0) is 14.3 Å². The SMILES string of the molecule is CCOC(=O)N1CC[C@@]2(OC)C=C(Cl)C(=O)C[C@@H]12. The van der Waals surface area contributed by atoms with Crippen LogP contribution in [0.5, 0.6) is 0 Å². The van der Waals surface area contributed by atoms with Gasteiger partial charge in [-0.25, -0.2) is 4.79 Å². The molecule has 1 aliphatic heterocycles. The normalized spacial score (nSPS) is 31.1. The lowest BCUT2D eigenvalue weighted by atomic mass is 9.85. The number of methoxy groups -OCH3 is 1. The number of fused-ring (bicyclic) bond motifs is 1. The largest absolute Gasteiger partial charge is 0.450 e. The van der Waals surface area contributed by atoms with E-state index in [9.17, 15) is 9.59 Å². The fraction of sp³-hybridized carbons (Fsp3) is 0.667. The summed E-state index contributed by atoms with van der Waals surface area (Å²) < 4.78 is 10.5. The molecular formula is C12H16ClNO4. The molecule has 0 radical (unpaired) electrons. The van der Waals surface area contributed by atoms with E-state index >= 15 is 0 Å². The van der Waals surface area contributed by atoms with Crippen molar-refractivity contribution in [3.05, 3.63) is 11.1 Å². The molecule has 2 aliphatic rings. The number of hydrogen-bond donors (Lipinski definition) is 0. The number of likely N-dealkylation sites (tertiary alicyclic amines) is 1. The van der Waals surface area contributed by atoms with Gasteiger partial charge in [-0.1, -0.05) is 11.6 Å². The van der Waals surface area contributed by atoms with Gasteiger partial charge >= 0.3 is 6.09 Å². The highest BCUT2D eigenvalue weighted by atomic mass is 35.5. The predicted octanol–water partition coefficient (Wildman–Crippen LogP) is 1.70. The zero-order valence-corrected chi connectivity index (χ0v) is 11.2. The highest BCUT2D eigenvalue weighted by Gasteiger charge is 2.52. The molecular weight excluding hydrogens is 258 g/mol. The van der Waals surface area contributed by atoms with Crippen LogP contribution in [0.15, 0.2) is 11.1 Å². The van der Waals surface area contributed by atoms with E-state index in [2.05, 4.69) is 0 Å². The molecule has 1 amide bonds. The van der Waals surface area contributed by atoms with Gasteiger partial charge in [0.25, 0.3) is 0 Å². The van der Waals surface area contributed by atoms with Crippen molar-refractivity contribution in [1.29, 1.82) is 0 Å². The molecule has 0 bridgehead atoms. The number of hydrogen-bond acceptors (Lipinski definition) is 4. The Hall–Kier alpha value is -1.07. The van der Waals surface area contributed by atoms with Crippen LogP contribution in [0, 0.1) is 0 Å². The van der Waals surface area contributed by atoms with E-state index < -0.39 is 11.7 Å². The number of halogens is 1. The van der Waals surface area contributed by atoms with Crippen molar-refractivity contribution in [1.82, 2.24) is 4.90 Å². The molecule has 18 heavy (non-hydrogen) atoms. The van der Waals surface area contributed by atoms with Crippen molar-refractivity contribution in [3.63, 3.8) is 0 Å². The molecule has 2 atom stereocenters. The van der Waals surface area contributed by atoms with Crippen molar-refractivity contribution < 1.29 is 19.1 Å². The molecule has 0 saturated carbocycles. The van der Waals surface area contributed by atoms with E-state index in [-0.39, 0.29) is 23.3 Å². The molecule has 0 aromatic carbocycles. The van der Waals surface area contributed by atoms with Gasteiger partial charge in [0.1, 0.15) is 5.60 Å². The third-order valence-electron chi connectivity index (χ3n) is 3.58.